The van der Waals surface area contributed by atoms with Crippen LogP contribution >= 0.6 is 0 Å². The lowest BCUT2D eigenvalue weighted by atomic mass is 10.3. The Balaban J connectivity index is 2.46. The highest BCUT2D eigenvalue weighted by Gasteiger charge is 2.22. The van der Waals surface area contributed by atoms with Crippen LogP contribution < -0.4 is 0 Å². The van der Waals surface area contributed by atoms with Crippen LogP contribution in [0.4, 0.5) is 0 Å². The van der Waals surface area contributed by atoms with E-state index in [1.807, 2.05) is 0 Å². The van der Waals surface area contributed by atoms with Crippen molar-refractivity contribution in [2.45, 2.75) is 26.2 Å². The first kappa shape index (κ1) is 8.24. The highest BCUT2D eigenvalue weighted by Crippen LogP contribution is 2.07. The molecule has 1 saturated heterocycles. The second-order valence-electron chi connectivity index (χ2n) is 2.78. The topological polar surface area (TPSA) is 37.4 Å². The van der Waals surface area contributed by atoms with Crippen LogP contribution in [0.5, 0.6) is 0 Å². The molecule has 1 heterocycles. The maximum atomic E-state index is 11.2. The minimum absolute atomic E-state index is 0.257. The molecular weight excluding hydrogens is 142 g/mol. The molecule has 0 bridgehead atoms. The summed E-state index contributed by atoms with van der Waals surface area (Å²) in [6.45, 7) is 3.26. The molecule has 0 saturated carbocycles. The third-order valence-electron chi connectivity index (χ3n) is 1.95. The van der Waals surface area contributed by atoms with Crippen molar-refractivity contribution >= 4 is 11.7 Å². The lowest BCUT2D eigenvalue weighted by molar-refractivity contribution is -0.143. The molecular formula is C8H13NO2. The summed E-state index contributed by atoms with van der Waals surface area (Å²) in [6.07, 6.45) is 2.42. The highest BCUT2D eigenvalue weighted by atomic mass is 16.2. The molecule has 0 N–H and O–H groups in total. The van der Waals surface area contributed by atoms with Crippen molar-refractivity contribution in [3.63, 3.8) is 0 Å². The van der Waals surface area contributed by atoms with Crippen molar-refractivity contribution in [3.05, 3.63) is 0 Å². The highest BCUT2D eigenvalue weighted by molar-refractivity contribution is 6.35. The van der Waals surface area contributed by atoms with Crippen molar-refractivity contribution in [2.75, 3.05) is 13.1 Å². The molecule has 0 aromatic heterocycles. The molecule has 62 valence electrons. The van der Waals surface area contributed by atoms with E-state index in [1.54, 1.807) is 11.8 Å². The van der Waals surface area contributed by atoms with Gasteiger partial charge in [0.2, 0.25) is 5.78 Å². The normalized spacial score (nSPS) is 17.0. The first-order valence-corrected chi connectivity index (χ1v) is 4.07. The zero-order valence-electron chi connectivity index (χ0n) is 6.80. The van der Waals surface area contributed by atoms with Gasteiger partial charge in [0, 0.05) is 19.5 Å². The molecule has 3 heteroatoms. The van der Waals surface area contributed by atoms with E-state index in [0.29, 0.717) is 6.42 Å². The number of Topliss-reactive ketones (excluding diaryl/α,β-unsaturated/α-hetero) is 1. The van der Waals surface area contributed by atoms with Crippen molar-refractivity contribution in [1.29, 1.82) is 0 Å². The summed E-state index contributed by atoms with van der Waals surface area (Å²) >= 11 is 0. The van der Waals surface area contributed by atoms with Crippen molar-refractivity contribution in [3.8, 4) is 0 Å². The van der Waals surface area contributed by atoms with E-state index in [-0.39, 0.29) is 11.7 Å². The van der Waals surface area contributed by atoms with Crippen LogP contribution in [0.3, 0.4) is 0 Å². The molecule has 0 aliphatic carbocycles. The third-order valence-corrected chi connectivity index (χ3v) is 1.95. The number of likely N-dealkylation sites (tertiary alicyclic amines) is 1. The minimum atomic E-state index is -0.287. The molecule has 1 amide bonds. The van der Waals surface area contributed by atoms with Crippen LogP contribution in [0.15, 0.2) is 0 Å². The second-order valence-corrected chi connectivity index (χ2v) is 2.78. The number of rotatable bonds is 2. The zero-order valence-corrected chi connectivity index (χ0v) is 6.80. The van der Waals surface area contributed by atoms with Gasteiger partial charge in [0.25, 0.3) is 5.91 Å². The Morgan fingerprint density at radius 2 is 1.82 bits per heavy atom. The van der Waals surface area contributed by atoms with Gasteiger partial charge in [0.05, 0.1) is 0 Å². The van der Waals surface area contributed by atoms with Crippen molar-refractivity contribution in [2.24, 2.45) is 0 Å². The molecule has 0 aromatic carbocycles. The van der Waals surface area contributed by atoms with Gasteiger partial charge in [-0.1, -0.05) is 6.92 Å². The zero-order chi connectivity index (χ0) is 8.27. The van der Waals surface area contributed by atoms with Crippen molar-refractivity contribution < 1.29 is 9.59 Å². The molecule has 11 heavy (non-hydrogen) atoms. The van der Waals surface area contributed by atoms with Crippen LogP contribution in [-0.4, -0.2) is 29.7 Å². The van der Waals surface area contributed by atoms with Gasteiger partial charge in [0.15, 0.2) is 0 Å². The Morgan fingerprint density at radius 3 is 2.27 bits per heavy atom. The molecule has 0 atom stereocenters. The van der Waals surface area contributed by atoms with E-state index in [9.17, 15) is 9.59 Å². The molecule has 0 radical (unpaired) electrons. The van der Waals surface area contributed by atoms with Gasteiger partial charge in [-0.25, -0.2) is 0 Å². The van der Waals surface area contributed by atoms with Crippen molar-refractivity contribution in [1.82, 2.24) is 4.90 Å². The minimum Gasteiger partial charge on any atom is -0.336 e. The average Bonchev–Trinajstić information content (AvgIpc) is 2.53. The van der Waals surface area contributed by atoms with Crippen LogP contribution in [-0.2, 0) is 9.59 Å². The Hall–Kier alpha value is -0.860. The van der Waals surface area contributed by atoms with Gasteiger partial charge in [-0.05, 0) is 12.8 Å². The lowest BCUT2D eigenvalue weighted by Crippen LogP contribution is -2.33. The molecule has 1 rings (SSSR count). The second kappa shape index (κ2) is 3.51. The van der Waals surface area contributed by atoms with Gasteiger partial charge >= 0.3 is 0 Å². The lowest BCUT2D eigenvalue weighted by Gasteiger charge is -2.12. The fourth-order valence-electron chi connectivity index (χ4n) is 1.25. The fraction of sp³-hybridized carbons (Fsp3) is 0.750. The maximum absolute atomic E-state index is 11.2. The van der Waals surface area contributed by atoms with Crippen LogP contribution in [0.25, 0.3) is 0 Å². The molecule has 1 aliphatic rings. The number of hydrogen-bond acceptors (Lipinski definition) is 2. The molecule has 1 aliphatic heterocycles. The molecule has 0 spiro atoms. The predicted molar refractivity (Wildman–Crippen MR) is 41.1 cm³/mol. The number of carbonyl (C=O) groups excluding carboxylic acids is 2. The monoisotopic (exact) mass is 155 g/mol. The summed E-state index contributed by atoms with van der Waals surface area (Å²) in [6, 6.07) is 0. The summed E-state index contributed by atoms with van der Waals surface area (Å²) in [5.74, 6) is -0.545. The number of carbonyl (C=O) groups is 2. The Morgan fingerprint density at radius 1 is 1.27 bits per heavy atom. The number of hydrogen-bond donors (Lipinski definition) is 0. The third kappa shape index (κ3) is 1.79. The van der Waals surface area contributed by atoms with E-state index in [0.717, 1.165) is 25.9 Å². The Bertz CT molecular complexity index is 171. The Labute approximate surface area is 66.4 Å². The summed E-state index contributed by atoms with van der Waals surface area (Å²) in [5.41, 5.74) is 0. The first-order chi connectivity index (χ1) is 5.25. The van der Waals surface area contributed by atoms with E-state index in [4.69, 9.17) is 0 Å². The number of nitrogens with zero attached hydrogens (tertiary/aromatic N) is 1. The first-order valence-electron chi connectivity index (χ1n) is 4.07. The summed E-state index contributed by atoms with van der Waals surface area (Å²) < 4.78 is 0. The molecule has 1 fully saturated rings. The van der Waals surface area contributed by atoms with E-state index >= 15 is 0 Å². The smallest absolute Gasteiger partial charge is 0.289 e. The molecule has 0 unspecified atom stereocenters. The molecule has 0 aromatic rings. The standard InChI is InChI=1S/C8H13NO2/c1-2-7(10)8(11)9-5-3-4-6-9/h2-6H2,1H3. The number of ketones is 1. The van der Waals surface area contributed by atoms with Crippen LogP contribution in [0.2, 0.25) is 0 Å². The fourth-order valence-corrected chi connectivity index (χ4v) is 1.25. The van der Waals surface area contributed by atoms with E-state index in [1.165, 1.54) is 0 Å². The predicted octanol–water partition coefficient (Wildman–Crippen LogP) is 0.588. The quantitative estimate of drug-likeness (QED) is 0.547. The molecule has 3 nitrogen and oxygen atoms in total. The van der Waals surface area contributed by atoms with Gasteiger partial charge in [-0.2, -0.15) is 0 Å². The van der Waals surface area contributed by atoms with E-state index < -0.39 is 0 Å². The van der Waals surface area contributed by atoms with Gasteiger partial charge in [0.1, 0.15) is 0 Å². The van der Waals surface area contributed by atoms with Gasteiger partial charge < -0.3 is 4.90 Å². The largest absolute Gasteiger partial charge is 0.336 e. The maximum Gasteiger partial charge on any atom is 0.289 e. The summed E-state index contributed by atoms with van der Waals surface area (Å²) in [7, 11) is 0. The van der Waals surface area contributed by atoms with Gasteiger partial charge in [-0.3, -0.25) is 9.59 Å². The Kier molecular flexibility index (Phi) is 2.63. The summed E-state index contributed by atoms with van der Waals surface area (Å²) in [4.78, 5) is 23.7. The van der Waals surface area contributed by atoms with Crippen LogP contribution in [0, 0.1) is 0 Å². The van der Waals surface area contributed by atoms with E-state index in [2.05, 4.69) is 0 Å². The SMILES string of the molecule is CCC(=O)C(=O)N1CCCC1. The van der Waals surface area contributed by atoms with Gasteiger partial charge in [-0.15, -0.1) is 0 Å². The summed E-state index contributed by atoms with van der Waals surface area (Å²) in [5, 5.41) is 0. The average molecular weight is 155 g/mol. The van der Waals surface area contributed by atoms with Crippen LogP contribution in [0.1, 0.15) is 26.2 Å². The number of amides is 1.